The Morgan fingerprint density at radius 2 is 2.13 bits per heavy atom. The van der Waals surface area contributed by atoms with Gasteiger partial charge in [-0.25, -0.2) is 4.98 Å². The molecule has 0 bridgehead atoms. The fourth-order valence-corrected chi connectivity index (χ4v) is 2.71. The highest BCUT2D eigenvalue weighted by Crippen LogP contribution is 2.30. The van der Waals surface area contributed by atoms with Crippen LogP contribution in [0, 0.1) is 6.92 Å². The van der Waals surface area contributed by atoms with Gasteiger partial charge in [-0.1, -0.05) is 6.92 Å². The van der Waals surface area contributed by atoms with Crippen LogP contribution in [-0.4, -0.2) is 11.6 Å². The van der Waals surface area contributed by atoms with Crippen molar-refractivity contribution in [3.63, 3.8) is 0 Å². The molecule has 2 N–H and O–H groups in total. The Bertz CT molecular complexity index is 310. The predicted octanol–water partition coefficient (Wildman–Crippen LogP) is 2.96. The Labute approximate surface area is 95.7 Å². The minimum absolute atomic E-state index is 0.0652. The molecule has 0 spiro atoms. The molecule has 15 heavy (non-hydrogen) atoms. The molecule has 0 aromatic carbocycles. The molecular weight excluding hydrogens is 208 g/mol. The van der Waals surface area contributed by atoms with Crippen molar-refractivity contribution in [3.8, 4) is 0 Å². The van der Waals surface area contributed by atoms with E-state index in [-0.39, 0.29) is 12.1 Å². The molecule has 0 amide bonds. The summed E-state index contributed by atoms with van der Waals surface area (Å²) in [7, 11) is 0. The normalized spacial score (nSPS) is 15.3. The molecule has 0 aliphatic carbocycles. The third kappa shape index (κ3) is 3.00. The van der Waals surface area contributed by atoms with Crippen molar-refractivity contribution in [2.75, 3.05) is 6.61 Å². The zero-order valence-corrected chi connectivity index (χ0v) is 10.7. The maximum Gasteiger partial charge on any atom is 0.122 e. The highest BCUT2D eigenvalue weighted by atomic mass is 32.1. The lowest BCUT2D eigenvalue weighted by atomic mass is 10.2. The number of hydrogen-bond acceptors (Lipinski definition) is 4. The fraction of sp³-hybridized carbons (Fsp3) is 0.727. The van der Waals surface area contributed by atoms with E-state index in [0.29, 0.717) is 0 Å². The van der Waals surface area contributed by atoms with Gasteiger partial charge in [-0.3, -0.25) is 0 Å². The molecule has 3 nitrogen and oxygen atoms in total. The zero-order valence-electron chi connectivity index (χ0n) is 9.91. The van der Waals surface area contributed by atoms with Crippen LogP contribution < -0.4 is 5.73 Å². The van der Waals surface area contributed by atoms with Gasteiger partial charge in [0.15, 0.2) is 0 Å². The maximum atomic E-state index is 5.87. The van der Waals surface area contributed by atoms with Gasteiger partial charge in [0, 0.05) is 17.5 Å². The monoisotopic (exact) mass is 228 g/mol. The summed E-state index contributed by atoms with van der Waals surface area (Å²) >= 11 is 1.68. The van der Waals surface area contributed by atoms with Crippen molar-refractivity contribution < 1.29 is 4.74 Å². The molecule has 1 aromatic rings. The Morgan fingerprint density at radius 1 is 1.47 bits per heavy atom. The van der Waals surface area contributed by atoms with E-state index in [4.69, 9.17) is 10.5 Å². The maximum absolute atomic E-state index is 5.87. The van der Waals surface area contributed by atoms with Gasteiger partial charge in [0.25, 0.3) is 0 Å². The highest BCUT2D eigenvalue weighted by Gasteiger charge is 2.17. The number of aryl methyl sites for hydroxylation is 1. The van der Waals surface area contributed by atoms with E-state index in [9.17, 15) is 0 Å². The first-order valence-corrected chi connectivity index (χ1v) is 6.26. The third-order valence-electron chi connectivity index (χ3n) is 2.28. The standard InChI is InChI=1S/C11H20N2OS/c1-5-9(14-6-2)11-13-8(4)10(15-11)7(3)12/h7,9H,5-6,12H2,1-4H3. The lowest BCUT2D eigenvalue weighted by Gasteiger charge is -2.11. The Hall–Kier alpha value is -0.450. The van der Waals surface area contributed by atoms with E-state index >= 15 is 0 Å². The van der Waals surface area contributed by atoms with Gasteiger partial charge in [0.05, 0.1) is 5.69 Å². The van der Waals surface area contributed by atoms with Gasteiger partial charge < -0.3 is 10.5 Å². The van der Waals surface area contributed by atoms with Crippen LogP contribution in [0.15, 0.2) is 0 Å². The Kier molecular flexibility index (Phi) is 4.70. The molecular formula is C11H20N2OS. The summed E-state index contributed by atoms with van der Waals surface area (Å²) < 4.78 is 5.63. The van der Waals surface area contributed by atoms with E-state index in [1.165, 1.54) is 4.88 Å². The molecule has 0 aliphatic heterocycles. The van der Waals surface area contributed by atoms with Crippen LogP contribution in [0.25, 0.3) is 0 Å². The first kappa shape index (κ1) is 12.6. The van der Waals surface area contributed by atoms with Crippen LogP contribution >= 0.6 is 11.3 Å². The van der Waals surface area contributed by atoms with Crippen molar-refractivity contribution in [3.05, 3.63) is 15.6 Å². The SMILES string of the molecule is CCOC(CC)c1nc(C)c(C(C)N)s1. The lowest BCUT2D eigenvalue weighted by Crippen LogP contribution is -2.03. The van der Waals surface area contributed by atoms with E-state index in [0.717, 1.165) is 23.7 Å². The number of aromatic nitrogens is 1. The molecule has 1 heterocycles. The quantitative estimate of drug-likeness (QED) is 0.843. The van der Waals surface area contributed by atoms with E-state index < -0.39 is 0 Å². The number of rotatable bonds is 5. The van der Waals surface area contributed by atoms with Crippen LogP contribution in [0.2, 0.25) is 0 Å². The molecule has 1 rings (SSSR count). The molecule has 0 radical (unpaired) electrons. The summed E-state index contributed by atoms with van der Waals surface area (Å²) in [4.78, 5) is 5.70. The van der Waals surface area contributed by atoms with E-state index in [1.54, 1.807) is 11.3 Å². The lowest BCUT2D eigenvalue weighted by molar-refractivity contribution is 0.0596. The number of ether oxygens (including phenoxy) is 1. The summed E-state index contributed by atoms with van der Waals surface area (Å²) in [6.07, 6.45) is 1.09. The van der Waals surface area contributed by atoms with E-state index in [1.807, 2.05) is 20.8 Å². The van der Waals surface area contributed by atoms with Crippen LogP contribution in [-0.2, 0) is 4.74 Å². The minimum Gasteiger partial charge on any atom is -0.371 e. The summed E-state index contributed by atoms with van der Waals surface area (Å²) in [5, 5.41) is 1.06. The molecule has 2 unspecified atom stereocenters. The topological polar surface area (TPSA) is 48.1 Å². The van der Waals surface area contributed by atoms with Gasteiger partial charge in [-0.15, -0.1) is 11.3 Å². The van der Waals surface area contributed by atoms with Crippen molar-refractivity contribution in [1.82, 2.24) is 4.98 Å². The minimum atomic E-state index is 0.0652. The predicted molar refractivity (Wildman–Crippen MR) is 64.1 cm³/mol. The number of thiazole rings is 1. The van der Waals surface area contributed by atoms with Crippen LogP contribution in [0.3, 0.4) is 0 Å². The van der Waals surface area contributed by atoms with Gasteiger partial charge in [0.2, 0.25) is 0 Å². The summed E-state index contributed by atoms with van der Waals surface area (Å²) in [6, 6.07) is 0.0652. The van der Waals surface area contributed by atoms with E-state index in [2.05, 4.69) is 11.9 Å². The molecule has 1 aromatic heterocycles. The zero-order chi connectivity index (χ0) is 11.4. The molecule has 86 valence electrons. The van der Waals surface area contributed by atoms with Crippen LogP contribution in [0.4, 0.5) is 0 Å². The highest BCUT2D eigenvalue weighted by molar-refractivity contribution is 7.11. The van der Waals surface area contributed by atoms with Crippen molar-refractivity contribution in [1.29, 1.82) is 0 Å². The smallest absolute Gasteiger partial charge is 0.122 e. The third-order valence-corrected chi connectivity index (χ3v) is 3.73. The Morgan fingerprint density at radius 3 is 2.53 bits per heavy atom. The molecule has 0 saturated heterocycles. The molecule has 0 saturated carbocycles. The summed E-state index contributed by atoms with van der Waals surface area (Å²) in [6.45, 7) is 8.85. The number of nitrogens with two attached hydrogens (primary N) is 1. The van der Waals surface area contributed by atoms with Gasteiger partial charge in [-0.2, -0.15) is 0 Å². The summed E-state index contributed by atoms with van der Waals surface area (Å²) in [5.74, 6) is 0. The number of hydrogen-bond donors (Lipinski definition) is 1. The molecule has 4 heteroatoms. The van der Waals surface area contributed by atoms with Crippen LogP contribution in [0.5, 0.6) is 0 Å². The molecule has 0 aliphatic rings. The van der Waals surface area contributed by atoms with Gasteiger partial charge >= 0.3 is 0 Å². The van der Waals surface area contributed by atoms with Crippen molar-refractivity contribution >= 4 is 11.3 Å². The van der Waals surface area contributed by atoms with Gasteiger partial charge in [0.1, 0.15) is 11.1 Å². The first-order valence-electron chi connectivity index (χ1n) is 5.44. The molecule has 0 fully saturated rings. The fourth-order valence-electron chi connectivity index (χ4n) is 1.55. The number of nitrogens with zero attached hydrogens (tertiary/aromatic N) is 1. The second-order valence-electron chi connectivity index (χ2n) is 3.64. The Balaban J connectivity index is 2.89. The second kappa shape index (κ2) is 5.58. The largest absolute Gasteiger partial charge is 0.371 e. The second-order valence-corrected chi connectivity index (χ2v) is 4.70. The van der Waals surface area contributed by atoms with Gasteiger partial charge in [-0.05, 0) is 27.2 Å². The average Bonchev–Trinajstić information content (AvgIpc) is 2.56. The summed E-state index contributed by atoms with van der Waals surface area (Å²) in [5.41, 5.74) is 6.92. The van der Waals surface area contributed by atoms with Crippen molar-refractivity contribution in [2.24, 2.45) is 5.73 Å². The van der Waals surface area contributed by atoms with Crippen LogP contribution in [0.1, 0.15) is 54.9 Å². The molecule has 2 atom stereocenters. The van der Waals surface area contributed by atoms with Crippen molar-refractivity contribution in [2.45, 2.75) is 46.3 Å². The average molecular weight is 228 g/mol. The first-order chi connectivity index (χ1) is 7.10.